The summed E-state index contributed by atoms with van der Waals surface area (Å²) in [7, 11) is -3.54. The van der Waals surface area contributed by atoms with Gasteiger partial charge in [0, 0.05) is 36.0 Å². The number of hydrogen-bond acceptors (Lipinski definition) is 8. The van der Waals surface area contributed by atoms with Crippen molar-refractivity contribution in [1.29, 1.82) is 0 Å². The highest BCUT2D eigenvalue weighted by Gasteiger charge is 2.38. The topological polar surface area (TPSA) is 156 Å². The number of hydrogen-bond donors (Lipinski definition) is 0. The summed E-state index contributed by atoms with van der Waals surface area (Å²) >= 11 is 0. The van der Waals surface area contributed by atoms with E-state index < -0.39 is 45.1 Å². The minimum Gasteiger partial charge on any atom is -0.428 e. The lowest BCUT2D eigenvalue weighted by atomic mass is 9.87. The van der Waals surface area contributed by atoms with E-state index in [0.29, 0.717) is 5.06 Å². The predicted molar refractivity (Wildman–Crippen MR) is 79.9 cm³/mol. The zero-order valence-electron chi connectivity index (χ0n) is 13.5. The fourth-order valence-electron chi connectivity index (χ4n) is 1.88. The van der Waals surface area contributed by atoms with E-state index in [1.165, 1.54) is 13.8 Å². The molecule has 11 nitrogen and oxygen atoms in total. The van der Waals surface area contributed by atoms with E-state index in [2.05, 4.69) is 14.9 Å². The summed E-state index contributed by atoms with van der Waals surface area (Å²) in [5, 5.41) is 3.66. The number of carbonyl (C=O) groups is 3. The summed E-state index contributed by atoms with van der Waals surface area (Å²) in [5.41, 5.74) is 7.38. The second-order valence-corrected chi connectivity index (χ2v) is 8.18. The van der Waals surface area contributed by atoms with Gasteiger partial charge in [-0.1, -0.05) is 24.0 Å². The third-order valence-corrected chi connectivity index (χ3v) is 4.19. The first-order valence-electron chi connectivity index (χ1n) is 6.89. The molecule has 2 amide bonds. The van der Waals surface area contributed by atoms with Crippen molar-refractivity contribution in [2.45, 2.75) is 32.8 Å². The quantitative estimate of drug-likeness (QED) is 0.214. The number of nitrogens with zero attached hydrogens (tertiary/aromatic N) is 4. The molecule has 0 spiro atoms. The molecule has 1 aliphatic rings. The first-order chi connectivity index (χ1) is 11.0. The number of hydroxylamine groups is 2. The fraction of sp³-hybridized carbons (Fsp3) is 0.750. The second-order valence-electron chi connectivity index (χ2n) is 6.00. The summed E-state index contributed by atoms with van der Waals surface area (Å²) in [5.74, 6) is -1.92. The predicted octanol–water partition coefficient (Wildman–Crippen LogP) is 0.953. The molecule has 1 heterocycles. The van der Waals surface area contributed by atoms with Crippen LogP contribution in [0.25, 0.3) is 10.4 Å². The molecule has 0 aromatic rings. The van der Waals surface area contributed by atoms with Gasteiger partial charge in [0.15, 0.2) is 9.84 Å². The van der Waals surface area contributed by atoms with E-state index in [1.54, 1.807) is 0 Å². The Morgan fingerprint density at radius 2 is 1.92 bits per heavy atom. The lowest BCUT2D eigenvalue weighted by Crippen LogP contribution is -2.43. The van der Waals surface area contributed by atoms with Gasteiger partial charge in [0.2, 0.25) is 0 Å². The number of sulfone groups is 1. The van der Waals surface area contributed by atoms with Crippen LogP contribution in [0.4, 0.5) is 4.79 Å². The number of amides is 2. The first-order valence-corrected chi connectivity index (χ1v) is 8.95. The Morgan fingerprint density at radius 1 is 1.38 bits per heavy atom. The Morgan fingerprint density at radius 3 is 2.38 bits per heavy atom. The van der Waals surface area contributed by atoms with E-state index >= 15 is 0 Å². The van der Waals surface area contributed by atoms with Gasteiger partial charge in [-0.3, -0.25) is 14.4 Å². The van der Waals surface area contributed by atoms with E-state index in [1.807, 2.05) is 0 Å². The number of ether oxygens (including phenoxy) is 1. The van der Waals surface area contributed by atoms with Gasteiger partial charge in [0.1, 0.15) is 6.10 Å². The van der Waals surface area contributed by atoms with Crippen molar-refractivity contribution >= 4 is 27.8 Å². The standard InChI is InChI=1S/C12H18N4O7S/c1-12(2,7-14-15-13)8(6-24(3,20)21)22-11(19)23-16-9(17)4-5-10(16)18/h8H,4-7H2,1-3H3. The first kappa shape index (κ1) is 19.7. The second kappa shape index (κ2) is 7.49. The molecule has 1 atom stereocenters. The summed E-state index contributed by atoms with van der Waals surface area (Å²) in [6.45, 7) is 2.94. The van der Waals surface area contributed by atoms with Crippen LogP contribution in [0.15, 0.2) is 5.11 Å². The molecule has 1 fully saturated rings. The molecule has 134 valence electrons. The highest BCUT2D eigenvalue weighted by atomic mass is 32.2. The van der Waals surface area contributed by atoms with Gasteiger partial charge in [-0.15, -0.1) is 0 Å². The summed E-state index contributed by atoms with van der Waals surface area (Å²) in [4.78, 5) is 41.8. The van der Waals surface area contributed by atoms with Crippen LogP contribution in [-0.2, 0) is 29.0 Å². The van der Waals surface area contributed by atoms with Crippen LogP contribution in [0, 0.1) is 5.41 Å². The van der Waals surface area contributed by atoms with Crippen molar-refractivity contribution in [2.24, 2.45) is 10.5 Å². The van der Waals surface area contributed by atoms with Gasteiger partial charge >= 0.3 is 6.16 Å². The molecule has 12 heteroatoms. The Labute approximate surface area is 138 Å². The van der Waals surface area contributed by atoms with Crippen molar-refractivity contribution in [3.63, 3.8) is 0 Å². The molecule has 1 aliphatic heterocycles. The van der Waals surface area contributed by atoms with Crippen LogP contribution in [-0.4, -0.2) is 56.1 Å². The van der Waals surface area contributed by atoms with Crippen LogP contribution in [0.5, 0.6) is 0 Å². The zero-order valence-corrected chi connectivity index (χ0v) is 14.3. The van der Waals surface area contributed by atoms with Crippen molar-refractivity contribution < 1.29 is 32.4 Å². The van der Waals surface area contributed by atoms with Crippen LogP contribution < -0.4 is 0 Å². The van der Waals surface area contributed by atoms with Crippen molar-refractivity contribution in [3.05, 3.63) is 10.4 Å². The number of rotatable bonds is 7. The molecule has 1 unspecified atom stereocenters. The van der Waals surface area contributed by atoms with Gasteiger partial charge < -0.3 is 4.74 Å². The van der Waals surface area contributed by atoms with Crippen LogP contribution in [0.3, 0.4) is 0 Å². The molecule has 0 radical (unpaired) electrons. The average molecular weight is 362 g/mol. The molecule has 1 saturated heterocycles. The van der Waals surface area contributed by atoms with E-state index in [0.717, 1.165) is 6.26 Å². The SMILES string of the molecule is CC(C)(CN=[N+]=[N-])C(CS(C)(=O)=O)OC(=O)ON1C(=O)CCC1=O. The third kappa shape index (κ3) is 5.70. The molecule has 0 bridgehead atoms. The molecule has 0 saturated carbocycles. The maximum atomic E-state index is 11.8. The molecule has 1 rings (SSSR count). The normalized spacial score (nSPS) is 16.5. The Hall–Kier alpha value is -2.33. The Balaban J connectivity index is 2.87. The van der Waals surface area contributed by atoms with Crippen LogP contribution in [0.1, 0.15) is 26.7 Å². The largest absolute Gasteiger partial charge is 0.534 e. The minimum absolute atomic E-state index is 0.0821. The highest BCUT2D eigenvalue weighted by molar-refractivity contribution is 7.90. The monoisotopic (exact) mass is 362 g/mol. The number of imide groups is 1. The van der Waals surface area contributed by atoms with Crippen LogP contribution in [0.2, 0.25) is 0 Å². The molecule has 24 heavy (non-hydrogen) atoms. The smallest absolute Gasteiger partial charge is 0.428 e. The van der Waals surface area contributed by atoms with Crippen molar-refractivity contribution in [2.75, 3.05) is 18.6 Å². The van der Waals surface area contributed by atoms with Gasteiger partial charge in [-0.05, 0) is 5.53 Å². The molecule has 0 aliphatic carbocycles. The van der Waals surface area contributed by atoms with Crippen LogP contribution >= 0.6 is 0 Å². The highest BCUT2D eigenvalue weighted by Crippen LogP contribution is 2.26. The molecule has 0 N–H and O–H groups in total. The minimum atomic E-state index is -3.54. The van der Waals surface area contributed by atoms with E-state index in [-0.39, 0.29) is 19.4 Å². The Bertz CT molecular complexity index is 666. The van der Waals surface area contributed by atoms with Gasteiger partial charge in [-0.25, -0.2) is 13.2 Å². The summed E-state index contributed by atoms with van der Waals surface area (Å²) < 4.78 is 28.1. The fourth-order valence-corrected chi connectivity index (χ4v) is 2.95. The van der Waals surface area contributed by atoms with E-state index in [4.69, 9.17) is 10.3 Å². The molecular weight excluding hydrogens is 344 g/mol. The molecular formula is C12H18N4O7S. The Kier molecular flexibility index (Phi) is 6.16. The zero-order chi connectivity index (χ0) is 18.5. The van der Waals surface area contributed by atoms with Crippen molar-refractivity contribution in [3.8, 4) is 0 Å². The van der Waals surface area contributed by atoms with Gasteiger partial charge in [0.05, 0.1) is 5.75 Å². The molecule has 0 aromatic heterocycles. The molecule has 0 aromatic carbocycles. The average Bonchev–Trinajstić information content (AvgIpc) is 2.75. The van der Waals surface area contributed by atoms with Gasteiger partial charge in [-0.2, -0.15) is 0 Å². The van der Waals surface area contributed by atoms with E-state index in [9.17, 15) is 22.8 Å². The van der Waals surface area contributed by atoms with Gasteiger partial charge in [0.25, 0.3) is 11.8 Å². The summed E-state index contributed by atoms with van der Waals surface area (Å²) in [6, 6.07) is 0. The lowest BCUT2D eigenvalue weighted by molar-refractivity contribution is -0.179. The lowest BCUT2D eigenvalue weighted by Gasteiger charge is -2.31. The number of azide groups is 1. The maximum Gasteiger partial charge on any atom is 0.534 e. The maximum absolute atomic E-state index is 11.8. The number of carbonyl (C=O) groups excluding carboxylic acids is 3. The van der Waals surface area contributed by atoms with Crippen molar-refractivity contribution in [1.82, 2.24) is 5.06 Å². The third-order valence-electron chi connectivity index (χ3n) is 3.28. The summed E-state index contributed by atoms with van der Waals surface area (Å²) in [6.07, 6.45) is -1.81.